The number of aliphatic hydroxyl groups is 1. The summed E-state index contributed by atoms with van der Waals surface area (Å²) in [4.78, 5) is 18.2. The highest BCUT2D eigenvalue weighted by molar-refractivity contribution is 7.16. The standard InChI is InChI=1S/C15H23ClN4O2S/c1-10(21)20-7-5-11(6-8-20)19-15(17-2)18-9-12(22)13-3-4-14(16)23-13/h3-4,11-12,22H,5-9H2,1-2H3,(H2,17,18,19). The molecule has 1 aromatic rings. The van der Waals surface area contributed by atoms with Crippen molar-refractivity contribution in [2.24, 2.45) is 4.99 Å². The number of amides is 1. The van der Waals surface area contributed by atoms with Gasteiger partial charge in [0.25, 0.3) is 0 Å². The van der Waals surface area contributed by atoms with Crippen LogP contribution in [0.4, 0.5) is 0 Å². The molecule has 0 bridgehead atoms. The van der Waals surface area contributed by atoms with Crippen LogP contribution in [0.15, 0.2) is 17.1 Å². The second-order valence-electron chi connectivity index (χ2n) is 5.54. The van der Waals surface area contributed by atoms with Crippen LogP contribution in [0.3, 0.4) is 0 Å². The molecule has 128 valence electrons. The number of carbonyl (C=O) groups is 1. The molecule has 1 aromatic heterocycles. The Morgan fingerprint density at radius 2 is 2.22 bits per heavy atom. The molecular weight excluding hydrogens is 336 g/mol. The molecule has 1 atom stereocenters. The Morgan fingerprint density at radius 3 is 2.74 bits per heavy atom. The van der Waals surface area contributed by atoms with Crippen molar-refractivity contribution in [2.75, 3.05) is 26.7 Å². The van der Waals surface area contributed by atoms with Crippen LogP contribution < -0.4 is 10.6 Å². The molecule has 0 aliphatic carbocycles. The summed E-state index contributed by atoms with van der Waals surface area (Å²) >= 11 is 7.25. The maximum absolute atomic E-state index is 11.3. The van der Waals surface area contributed by atoms with Crippen molar-refractivity contribution in [3.63, 3.8) is 0 Å². The van der Waals surface area contributed by atoms with E-state index in [1.807, 2.05) is 11.0 Å². The van der Waals surface area contributed by atoms with Crippen LogP contribution in [0.5, 0.6) is 0 Å². The molecule has 0 saturated carbocycles. The Kier molecular flexibility index (Phi) is 6.68. The Morgan fingerprint density at radius 1 is 1.52 bits per heavy atom. The van der Waals surface area contributed by atoms with Gasteiger partial charge in [0.05, 0.1) is 4.34 Å². The molecule has 0 radical (unpaired) electrons. The van der Waals surface area contributed by atoms with Crippen LogP contribution in [0.2, 0.25) is 4.34 Å². The third-order valence-corrected chi connectivity index (χ3v) is 5.22. The van der Waals surface area contributed by atoms with Crippen LogP contribution in [0.1, 0.15) is 30.7 Å². The fraction of sp³-hybridized carbons (Fsp3) is 0.600. The number of rotatable bonds is 4. The summed E-state index contributed by atoms with van der Waals surface area (Å²) < 4.78 is 0.666. The fourth-order valence-corrected chi connectivity index (χ4v) is 3.57. The van der Waals surface area contributed by atoms with E-state index in [4.69, 9.17) is 11.6 Å². The lowest BCUT2D eigenvalue weighted by atomic mass is 10.1. The average molecular weight is 359 g/mol. The van der Waals surface area contributed by atoms with Gasteiger partial charge in [-0.3, -0.25) is 9.79 Å². The number of aliphatic imine (C=N–C) groups is 1. The van der Waals surface area contributed by atoms with Crippen molar-refractivity contribution in [1.82, 2.24) is 15.5 Å². The molecule has 23 heavy (non-hydrogen) atoms. The summed E-state index contributed by atoms with van der Waals surface area (Å²) in [5, 5.41) is 16.6. The maximum atomic E-state index is 11.3. The molecule has 1 aliphatic rings. The van der Waals surface area contributed by atoms with Gasteiger partial charge in [-0.2, -0.15) is 0 Å². The van der Waals surface area contributed by atoms with E-state index in [0.717, 1.165) is 30.8 Å². The predicted molar refractivity (Wildman–Crippen MR) is 94.1 cm³/mol. The number of thiophene rings is 1. The number of hydrogen-bond donors (Lipinski definition) is 3. The Hall–Kier alpha value is -1.31. The molecule has 1 unspecified atom stereocenters. The molecule has 6 nitrogen and oxygen atoms in total. The highest BCUT2D eigenvalue weighted by atomic mass is 35.5. The Labute approximate surface area is 145 Å². The molecular formula is C15H23ClN4O2S. The van der Waals surface area contributed by atoms with Gasteiger partial charge in [0, 0.05) is 44.5 Å². The minimum atomic E-state index is -0.620. The number of carbonyl (C=O) groups excluding carboxylic acids is 1. The van der Waals surface area contributed by atoms with Gasteiger partial charge in [-0.15, -0.1) is 11.3 Å². The summed E-state index contributed by atoms with van der Waals surface area (Å²) in [5.41, 5.74) is 0. The molecule has 2 heterocycles. The van der Waals surface area contributed by atoms with Crippen molar-refractivity contribution in [2.45, 2.75) is 31.9 Å². The molecule has 1 fully saturated rings. The topological polar surface area (TPSA) is 77.0 Å². The zero-order valence-electron chi connectivity index (χ0n) is 13.4. The summed E-state index contributed by atoms with van der Waals surface area (Å²) in [6.07, 6.45) is 1.16. The van der Waals surface area contributed by atoms with E-state index < -0.39 is 6.10 Å². The lowest BCUT2D eigenvalue weighted by molar-refractivity contribution is -0.129. The minimum Gasteiger partial charge on any atom is -0.386 e. The number of hydrogen-bond acceptors (Lipinski definition) is 4. The van der Waals surface area contributed by atoms with Crippen molar-refractivity contribution in [3.8, 4) is 0 Å². The largest absolute Gasteiger partial charge is 0.386 e. The summed E-state index contributed by atoms with van der Waals surface area (Å²) in [6, 6.07) is 3.89. The van der Waals surface area contributed by atoms with Crippen LogP contribution >= 0.6 is 22.9 Å². The van der Waals surface area contributed by atoms with Gasteiger partial charge >= 0.3 is 0 Å². The Bertz CT molecular complexity index is 555. The van der Waals surface area contributed by atoms with Gasteiger partial charge in [0.2, 0.25) is 5.91 Å². The van der Waals surface area contributed by atoms with Crippen molar-refractivity contribution >= 4 is 34.8 Å². The molecule has 0 spiro atoms. The first-order valence-corrected chi connectivity index (χ1v) is 8.85. The van der Waals surface area contributed by atoms with E-state index >= 15 is 0 Å². The van der Waals surface area contributed by atoms with Crippen LogP contribution in [0.25, 0.3) is 0 Å². The third kappa shape index (κ3) is 5.37. The zero-order valence-corrected chi connectivity index (χ0v) is 15.0. The number of nitrogens with one attached hydrogen (secondary N) is 2. The van der Waals surface area contributed by atoms with E-state index in [-0.39, 0.29) is 11.9 Å². The fourth-order valence-electron chi connectivity index (χ4n) is 2.53. The van der Waals surface area contributed by atoms with Crippen LogP contribution in [0, 0.1) is 0 Å². The number of guanidine groups is 1. The van der Waals surface area contributed by atoms with E-state index in [1.165, 1.54) is 11.3 Å². The quantitative estimate of drug-likeness (QED) is 0.564. The van der Waals surface area contributed by atoms with Gasteiger partial charge < -0.3 is 20.6 Å². The van der Waals surface area contributed by atoms with Crippen molar-refractivity contribution in [1.29, 1.82) is 0 Å². The van der Waals surface area contributed by atoms with Gasteiger partial charge in [0.15, 0.2) is 5.96 Å². The summed E-state index contributed by atoms with van der Waals surface area (Å²) in [7, 11) is 1.70. The zero-order chi connectivity index (χ0) is 16.8. The number of nitrogens with zero attached hydrogens (tertiary/aromatic N) is 2. The van der Waals surface area contributed by atoms with Crippen LogP contribution in [-0.2, 0) is 4.79 Å². The number of likely N-dealkylation sites (tertiary alicyclic amines) is 1. The van der Waals surface area contributed by atoms with Gasteiger partial charge in [-0.1, -0.05) is 11.6 Å². The molecule has 8 heteroatoms. The number of aliphatic hydroxyl groups excluding tert-OH is 1. The van der Waals surface area contributed by atoms with Gasteiger partial charge in [-0.25, -0.2) is 0 Å². The molecule has 1 amide bonds. The van der Waals surface area contributed by atoms with E-state index in [1.54, 1.807) is 20.0 Å². The average Bonchev–Trinajstić information content (AvgIpc) is 2.98. The highest BCUT2D eigenvalue weighted by Gasteiger charge is 2.21. The van der Waals surface area contributed by atoms with E-state index in [0.29, 0.717) is 16.8 Å². The molecule has 1 aliphatic heterocycles. The smallest absolute Gasteiger partial charge is 0.219 e. The van der Waals surface area contributed by atoms with Gasteiger partial charge in [0.1, 0.15) is 6.10 Å². The number of piperidine rings is 1. The second-order valence-corrected chi connectivity index (χ2v) is 7.28. The van der Waals surface area contributed by atoms with Crippen LogP contribution in [-0.4, -0.2) is 54.6 Å². The molecule has 1 saturated heterocycles. The molecule has 3 N–H and O–H groups in total. The van der Waals surface area contributed by atoms with Crippen molar-refractivity contribution < 1.29 is 9.90 Å². The lowest BCUT2D eigenvalue weighted by Crippen LogP contribution is -2.49. The summed E-state index contributed by atoms with van der Waals surface area (Å²) in [6.45, 7) is 3.50. The van der Waals surface area contributed by atoms with Crippen molar-refractivity contribution in [3.05, 3.63) is 21.3 Å². The van der Waals surface area contributed by atoms with E-state index in [9.17, 15) is 9.90 Å². The first-order chi connectivity index (χ1) is 11.0. The van der Waals surface area contributed by atoms with E-state index in [2.05, 4.69) is 15.6 Å². The number of halogens is 1. The molecule has 2 rings (SSSR count). The highest BCUT2D eigenvalue weighted by Crippen LogP contribution is 2.26. The normalized spacial score (nSPS) is 17.9. The monoisotopic (exact) mass is 358 g/mol. The third-order valence-electron chi connectivity index (χ3n) is 3.89. The predicted octanol–water partition coefficient (Wildman–Crippen LogP) is 1.61. The Balaban J connectivity index is 1.77. The SMILES string of the molecule is CN=C(NCC(O)c1ccc(Cl)s1)NC1CCN(C(C)=O)CC1. The minimum absolute atomic E-state index is 0.128. The second kappa shape index (κ2) is 8.52. The lowest BCUT2D eigenvalue weighted by Gasteiger charge is -2.32. The van der Waals surface area contributed by atoms with Gasteiger partial charge in [-0.05, 0) is 25.0 Å². The summed E-state index contributed by atoms with van der Waals surface area (Å²) in [5.74, 6) is 0.789. The first-order valence-electron chi connectivity index (χ1n) is 7.65. The first kappa shape index (κ1) is 18.0. The maximum Gasteiger partial charge on any atom is 0.219 e. The molecule has 0 aromatic carbocycles.